The summed E-state index contributed by atoms with van der Waals surface area (Å²) in [4.78, 5) is 11.1. The number of aliphatic hydroxyl groups excluding tert-OH is 3. The Labute approximate surface area is 174 Å². The van der Waals surface area contributed by atoms with E-state index in [0.29, 0.717) is 24.2 Å². The van der Waals surface area contributed by atoms with E-state index >= 15 is 0 Å². The topological polar surface area (TPSA) is 98.0 Å². The van der Waals surface area contributed by atoms with Crippen molar-refractivity contribution < 1.29 is 25.2 Å². The van der Waals surface area contributed by atoms with Gasteiger partial charge >= 0.3 is 5.97 Å². The number of aliphatic hydroxyl groups is 3. The van der Waals surface area contributed by atoms with Crippen LogP contribution in [0.3, 0.4) is 0 Å². The molecule has 29 heavy (non-hydrogen) atoms. The van der Waals surface area contributed by atoms with E-state index in [1.165, 1.54) is 0 Å². The zero-order chi connectivity index (χ0) is 21.1. The summed E-state index contributed by atoms with van der Waals surface area (Å²) < 4.78 is 0. The molecule has 4 N–H and O–H groups in total. The summed E-state index contributed by atoms with van der Waals surface area (Å²) in [5, 5.41) is 42.0. The normalized spacial score (nSPS) is 52.9. The van der Waals surface area contributed by atoms with Gasteiger partial charge in [-0.25, -0.2) is 0 Å². The average molecular weight is 409 g/mol. The Hall–Kier alpha value is -0.650. The van der Waals surface area contributed by atoms with Crippen molar-refractivity contribution in [3.05, 3.63) is 0 Å². The Morgan fingerprint density at radius 3 is 2.45 bits per heavy atom. The molecule has 5 heteroatoms. The minimum atomic E-state index is -0.735. The van der Waals surface area contributed by atoms with Crippen LogP contribution in [0.2, 0.25) is 0 Å². The van der Waals surface area contributed by atoms with Crippen LogP contribution in [0, 0.1) is 46.3 Å². The van der Waals surface area contributed by atoms with Crippen LogP contribution in [-0.2, 0) is 4.79 Å². The lowest BCUT2D eigenvalue weighted by Gasteiger charge is -2.63. The smallest absolute Gasteiger partial charge is 0.303 e. The van der Waals surface area contributed by atoms with Crippen molar-refractivity contribution >= 4 is 5.97 Å². The molecule has 4 aliphatic carbocycles. The molecule has 0 aliphatic heterocycles. The summed E-state index contributed by atoms with van der Waals surface area (Å²) >= 11 is 0. The van der Waals surface area contributed by atoms with Gasteiger partial charge in [0.2, 0.25) is 0 Å². The highest BCUT2D eigenvalue weighted by Gasteiger charge is 2.65. The van der Waals surface area contributed by atoms with Gasteiger partial charge < -0.3 is 20.4 Å². The first-order valence-corrected chi connectivity index (χ1v) is 11.8. The first kappa shape index (κ1) is 21.6. The minimum absolute atomic E-state index is 0.00309. The van der Waals surface area contributed by atoms with E-state index in [1.54, 1.807) is 0 Å². The number of hydrogen-bond donors (Lipinski definition) is 4. The number of hydrogen-bond acceptors (Lipinski definition) is 4. The van der Waals surface area contributed by atoms with Gasteiger partial charge in [-0.3, -0.25) is 4.79 Å². The summed E-state index contributed by atoms with van der Waals surface area (Å²) in [7, 11) is 0. The summed E-state index contributed by atoms with van der Waals surface area (Å²) in [6.07, 6.45) is 5.93. The van der Waals surface area contributed by atoms with Gasteiger partial charge in [-0.05, 0) is 97.7 Å². The van der Waals surface area contributed by atoms with E-state index in [1.807, 2.05) is 0 Å². The molecule has 4 aliphatic rings. The van der Waals surface area contributed by atoms with Gasteiger partial charge in [0.05, 0.1) is 18.3 Å². The Kier molecular flexibility index (Phi) is 5.57. The van der Waals surface area contributed by atoms with Gasteiger partial charge in [0, 0.05) is 6.42 Å². The van der Waals surface area contributed by atoms with Crippen molar-refractivity contribution in [2.45, 2.75) is 96.9 Å². The Morgan fingerprint density at radius 1 is 1.03 bits per heavy atom. The standard InChI is InChI=1S/C24H40O5/c1-13(4-7-20(28)29)16-5-6-17-21-18(26)11-14-10-15(25)8-9-23(14,2)22(21)19(27)12-24(16,17)3/h13-19,21-22,25-27H,4-12H2,1-3H3,(H,28,29)/t13-,14+,15-,16-,17?,18-,19+,21?,22?,23+,24-/m1/s1. The fourth-order valence-corrected chi connectivity index (χ4v) is 8.84. The van der Waals surface area contributed by atoms with Crippen molar-refractivity contribution in [3.63, 3.8) is 0 Å². The maximum atomic E-state index is 11.5. The monoisotopic (exact) mass is 408 g/mol. The molecule has 0 aromatic carbocycles. The molecule has 4 saturated carbocycles. The minimum Gasteiger partial charge on any atom is -0.481 e. The van der Waals surface area contributed by atoms with Crippen LogP contribution in [0.5, 0.6) is 0 Å². The van der Waals surface area contributed by atoms with Crippen LogP contribution in [-0.4, -0.2) is 44.7 Å². The van der Waals surface area contributed by atoms with Crippen LogP contribution in [0.4, 0.5) is 0 Å². The maximum absolute atomic E-state index is 11.5. The predicted octanol–water partition coefficient (Wildman–Crippen LogP) is 3.45. The van der Waals surface area contributed by atoms with Crippen LogP contribution < -0.4 is 0 Å². The number of carboxylic acids is 1. The number of rotatable bonds is 4. The Balaban J connectivity index is 1.61. The van der Waals surface area contributed by atoms with E-state index in [9.17, 15) is 20.1 Å². The third kappa shape index (κ3) is 3.36. The first-order chi connectivity index (χ1) is 13.6. The van der Waals surface area contributed by atoms with Crippen LogP contribution in [0.25, 0.3) is 0 Å². The van der Waals surface area contributed by atoms with Gasteiger partial charge in [-0.15, -0.1) is 0 Å². The lowest BCUT2D eigenvalue weighted by Crippen LogP contribution is -2.63. The van der Waals surface area contributed by atoms with Crippen molar-refractivity contribution in [3.8, 4) is 0 Å². The highest BCUT2D eigenvalue weighted by Crippen LogP contribution is 2.68. The SMILES string of the molecule is C[C@H](CCC(=O)O)[C@H]1CCC2C3C([C@@H](O)C[C@@]21C)[C@@]1(C)CC[C@@H](O)C[C@H]1C[C@H]3O. The molecule has 0 spiro atoms. The zero-order valence-electron chi connectivity index (χ0n) is 18.3. The largest absolute Gasteiger partial charge is 0.481 e. The van der Waals surface area contributed by atoms with Crippen molar-refractivity contribution in [1.82, 2.24) is 0 Å². The molecule has 0 heterocycles. The summed E-state index contributed by atoms with van der Waals surface area (Å²) in [6, 6.07) is 0. The molecular weight excluding hydrogens is 368 g/mol. The average Bonchev–Trinajstić information content (AvgIpc) is 2.97. The second-order valence-electron chi connectivity index (χ2n) is 11.5. The molecule has 0 radical (unpaired) electrons. The molecule has 4 rings (SSSR count). The molecule has 0 amide bonds. The molecule has 0 saturated heterocycles. The molecule has 4 fully saturated rings. The van der Waals surface area contributed by atoms with Crippen LogP contribution in [0.15, 0.2) is 0 Å². The van der Waals surface area contributed by atoms with E-state index in [-0.39, 0.29) is 41.1 Å². The van der Waals surface area contributed by atoms with E-state index in [2.05, 4.69) is 20.8 Å². The van der Waals surface area contributed by atoms with Gasteiger partial charge in [0.1, 0.15) is 0 Å². The van der Waals surface area contributed by atoms with Gasteiger partial charge in [0.15, 0.2) is 0 Å². The van der Waals surface area contributed by atoms with E-state index in [0.717, 1.165) is 44.9 Å². The Bertz CT molecular complexity index is 637. The second kappa shape index (κ2) is 7.49. The molecule has 0 bridgehead atoms. The quantitative estimate of drug-likeness (QED) is 0.571. The van der Waals surface area contributed by atoms with Crippen molar-refractivity contribution in [2.24, 2.45) is 46.3 Å². The number of fused-ring (bicyclic) bond motifs is 5. The molecule has 0 aromatic heterocycles. The molecule has 166 valence electrons. The Morgan fingerprint density at radius 2 is 1.76 bits per heavy atom. The summed E-state index contributed by atoms with van der Waals surface area (Å²) in [5.74, 6) is 0.904. The fraction of sp³-hybridized carbons (Fsp3) is 0.958. The van der Waals surface area contributed by atoms with Gasteiger partial charge in [-0.2, -0.15) is 0 Å². The third-order valence-corrected chi connectivity index (χ3v) is 10.2. The van der Waals surface area contributed by atoms with E-state index in [4.69, 9.17) is 5.11 Å². The van der Waals surface area contributed by atoms with Crippen molar-refractivity contribution in [1.29, 1.82) is 0 Å². The maximum Gasteiger partial charge on any atom is 0.303 e. The van der Waals surface area contributed by atoms with Crippen LogP contribution in [0.1, 0.15) is 78.6 Å². The second-order valence-corrected chi connectivity index (χ2v) is 11.5. The number of carbonyl (C=O) groups is 1. The first-order valence-electron chi connectivity index (χ1n) is 11.8. The van der Waals surface area contributed by atoms with Gasteiger partial charge in [-0.1, -0.05) is 20.8 Å². The molecular formula is C24H40O5. The van der Waals surface area contributed by atoms with Gasteiger partial charge in [0.25, 0.3) is 0 Å². The summed E-state index contributed by atoms with van der Waals surface area (Å²) in [5.41, 5.74) is -0.0340. The highest BCUT2D eigenvalue weighted by molar-refractivity contribution is 5.66. The number of aliphatic carboxylic acids is 1. The fourth-order valence-electron chi connectivity index (χ4n) is 8.84. The third-order valence-electron chi connectivity index (χ3n) is 10.2. The lowest BCUT2D eigenvalue weighted by atomic mass is 9.43. The molecule has 11 atom stereocenters. The predicted molar refractivity (Wildman–Crippen MR) is 110 cm³/mol. The van der Waals surface area contributed by atoms with Crippen molar-refractivity contribution in [2.75, 3.05) is 0 Å². The molecule has 3 unspecified atom stereocenters. The molecule has 5 nitrogen and oxygen atoms in total. The zero-order valence-corrected chi connectivity index (χ0v) is 18.3. The van der Waals surface area contributed by atoms with E-state index < -0.39 is 18.2 Å². The summed E-state index contributed by atoms with van der Waals surface area (Å²) in [6.45, 7) is 6.79. The van der Waals surface area contributed by atoms with Crippen LogP contribution >= 0.6 is 0 Å². The highest BCUT2D eigenvalue weighted by atomic mass is 16.4. The molecule has 0 aromatic rings. The number of carboxylic acid groups (broad SMARTS) is 1. The lowest BCUT2D eigenvalue weighted by molar-refractivity contribution is -0.213.